The van der Waals surface area contributed by atoms with E-state index in [4.69, 9.17) is 4.74 Å². The first-order chi connectivity index (χ1) is 13.1. The maximum absolute atomic E-state index is 12.0. The van der Waals surface area contributed by atoms with Crippen molar-refractivity contribution in [3.63, 3.8) is 0 Å². The van der Waals surface area contributed by atoms with Crippen LogP contribution < -0.4 is 4.74 Å². The number of hydrogen-bond donors (Lipinski definition) is 1. The summed E-state index contributed by atoms with van der Waals surface area (Å²) in [6, 6.07) is 5.59. The van der Waals surface area contributed by atoms with E-state index in [1.54, 1.807) is 7.11 Å². The van der Waals surface area contributed by atoms with Gasteiger partial charge >= 0.3 is 0 Å². The highest BCUT2D eigenvalue weighted by Crippen LogP contribution is 2.40. The van der Waals surface area contributed by atoms with E-state index in [9.17, 15) is 9.90 Å². The lowest BCUT2D eigenvalue weighted by atomic mass is 10.1. The summed E-state index contributed by atoms with van der Waals surface area (Å²) in [5.74, 6) is 0.479. The normalized spacial score (nSPS) is 11.5. The van der Waals surface area contributed by atoms with E-state index in [2.05, 4.69) is 24.1 Å². The molecule has 6 heteroatoms. The fourth-order valence-electron chi connectivity index (χ4n) is 3.13. The molecule has 1 amide bonds. The highest BCUT2D eigenvalue weighted by Gasteiger charge is 2.17. The molecule has 0 unspecified atom stereocenters. The lowest BCUT2D eigenvalue weighted by molar-refractivity contribution is -0.118. The number of aryl methyl sites for hydroxylation is 1. The number of benzene rings is 1. The van der Waals surface area contributed by atoms with E-state index in [0.29, 0.717) is 24.4 Å². The third kappa shape index (κ3) is 5.55. The number of amides is 1. The van der Waals surface area contributed by atoms with Gasteiger partial charge in [0.1, 0.15) is 5.75 Å². The molecule has 148 valence electrons. The Bertz CT molecular complexity index is 781. The molecule has 0 radical (unpaired) electrons. The average molecular weight is 373 g/mol. The van der Waals surface area contributed by atoms with E-state index >= 15 is 0 Å². The summed E-state index contributed by atoms with van der Waals surface area (Å²) >= 11 is 0. The van der Waals surface area contributed by atoms with Crippen molar-refractivity contribution in [1.29, 1.82) is 0 Å². The average Bonchev–Trinajstić information content (AvgIpc) is 2.94. The molecule has 0 aliphatic rings. The predicted molar refractivity (Wildman–Crippen MR) is 108 cm³/mol. The van der Waals surface area contributed by atoms with E-state index in [1.165, 1.54) is 0 Å². The smallest absolute Gasteiger partial charge is 0.264 e. The SMILES string of the molecule is CCCCCCC(=O)N=Nc1c(O)n(CCCCC)c2ccc(OC)cc12. The van der Waals surface area contributed by atoms with Crippen LogP contribution in [0.15, 0.2) is 28.4 Å². The molecule has 0 saturated heterocycles. The third-order valence-electron chi connectivity index (χ3n) is 4.71. The number of fused-ring (bicyclic) bond motifs is 1. The van der Waals surface area contributed by atoms with Gasteiger partial charge in [0.2, 0.25) is 5.88 Å². The van der Waals surface area contributed by atoms with Crippen molar-refractivity contribution in [2.24, 2.45) is 10.2 Å². The first-order valence-corrected chi connectivity index (χ1v) is 9.96. The van der Waals surface area contributed by atoms with Crippen molar-refractivity contribution in [3.8, 4) is 11.6 Å². The van der Waals surface area contributed by atoms with Gasteiger partial charge in [0, 0.05) is 18.4 Å². The fourth-order valence-corrected chi connectivity index (χ4v) is 3.13. The van der Waals surface area contributed by atoms with Crippen LogP contribution in [0, 0.1) is 0 Å². The standard InChI is InChI=1S/C21H31N3O3/c1-4-6-8-9-11-19(25)22-23-20-17-15-16(27-3)12-13-18(17)24(21(20)26)14-10-7-5-2/h12-13,15,26H,4-11,14H2,1-3H3. The minimum absolute atomic E-state index is 0.0527. The number of carbonyl (C=O) groups is 1. The number of nitrogens with zero attached hydrogens (tertiary/aromatic N) is 3. The van der Waals surface area contributed by atoms with Crippen LogP contribution in [0.4, 0.5) is 5.69 Å². The topological polar surface area (TPSA) is 76.2 Å². The molecule has 27 heavy (non-hydrogen) atoms. The number of aromatic hydroxyl groups is 1. The molecule has 0 spiro atoms. The Morgan fingerprint density at radius 2 is 1.85 bits per heavy atom. The van der Waals surface area contributed by atoms with Gasteiger partial charge in [0.05, 0.1) is 12.6 Å². The van der Waals surface area contributed by atoms with Gasteiger partial charge in [-0.3, -0.25) is 4.79 Å². The van der Waals surface area contributed by atoms with Crippen molar-refractivity contribution in [2.45, 2.75) is 71.8 Å². The summed E-state index contributed by atoms with van der Waals surface area (Å²) in [6.45, 7) is 4.97. The monoisotopic (exact) mass is 373 g/mol. The largest absolute Gasteiger partial charge is 0.497 e. The molecule has 6 nitrogen and oxygen atoms in total. The molecule has 0 fully saturated rings. The second-order valence-corrected chi connectivity index (χ2v) is 6.82. The van der Waals surface area contributed by atoms with Gasteiger partial charge in [-0.1, -0.05) is 46.0 Å². The number of azo groups is 1. The van der Waals surface area contributed by atoms with Crippen molar-refractivity contribution < 1.29 is 14.6 Å². The number of carbonyl (C=O) groups excluding carboxylic acids is 1. The lowest BCUT2D eigenvalue weighted by Crippen LogP contribution is -1.97. The fraction of sp³-hybridized carbons (Fsp3) is 0.571. The van der Waals surface area contributed by atoms with Crippen LogP contribution in [0.5, 0.6) is 11.6 Å². The van der Waals surface area contributed by atoms with Gasteiger partial charge in [-0.2, -0.15) is 0 Å². The summed E-state index contributed by atoms with van der Waals surface area (Å²) < 4.78 is 7.13. The maximum atomic E-state index is 12.0. The highest BCUT2D eigenvalue weighted by molar-refractivity contribution is 5.96. The van der Waals surface area contributed by atoms with Crippen LogP contribution in [-0.2, 0) is 11.3 Å². The second-order valence-electron chi connectivity index (χ2n) is 6.82. The zero-order chi connectivity index (χ0) is 19.6. The minimum atomic E-state index is -0.250. The highest BCUT2D eigenvalue weighted by atomic mass is 16.5. The van der Waals surface area contributed by atoms with E-state index < -0.39 is 0 Å². The van der Waals surface area contributed by atoms with Gasteiger partial charge in [-0.05, 0) is 31.0 Å². The number of methoxy groups -OCH3 is 1. The maximum Gasteiger partial charge on any atom is 0.264 e. The molecule has 2 rings (SSSR count). The number of unbranched alkanes of at least 4 members (excludes halogenated alkanes) is 5. The Hall–Kier alpha value is -2.37. The summed E-state index contributed by atoms with van der Waals surface area (Å²) in [5, 5.41) is 19.4. The Balaban J connectivity index is 2.26. The van der Waals surface area contributed by atoms with Gasteiger partial charge in [-0.25, -0.2) is 0 Å². The van der Waals surface area contributed by atoms with Gasteiger partial charge in [0.15, 0.2) is 5.69 Å². The number of ether oxygens (including phenoxy) is 1. The molecule has 1 aromatic heterocycles. The zero-order valence-electron chi connectivity index (χ0n) is 16.7. The Labute approximate surface area is 161 Å². The summed E-state index contributed by atoms with van der Waals surface area (Å²) in [5.41, 5.74) is 1.20. The summed E-state index contributed by atoms with van der Waals surface area (Å²) in [4.78, 5) is 12.0. The first-order valence-electron chi connectivity index (χ1n) is 9.96. The first kappa shape index (κ1) is 20.9. The van der Waals surface area contributed by atoms with Crippen molar-refractivity contribution in [3.05, 3.63) is 18.2 Å². The molecular weight excluding hydrogens is 342 g/mol. The lowest BCUT2D eigenvalue weighted by Gasteiger charge is -2.06. The summed E-state index contributed by atoms with van der Waals surface area (Å²) in [7, 11) is 1.60. The van der Waals surface area contributed by atoms with Crippen LogP contribution in [0.25, 0.3) is 10.9 Å². The van der Waals surface area contributed by atoms with E-state index in [0.717, 1.165) is 55.8 Å². The van der Waals surface area contributed by atoms with Gasteiger partial charge in [0.25, 0.3) is 5.91 Å². The second kappa shape index (κ2) is 10.7. The number of hydrogen-bond acceptors (Lipinski definition) is 4. The quantitative estimate of drug-likeness (QED) is 0.380. The van der Waals surface area contributed by atoms with Crippen LogP contribution in [0.1, 0.15) is 65.2 Å². The Morgan fingerprint density at radius 1 is 1.11 bits per heavy atom. The van der Waals surface area contributed by atoms with Crippen LogP contribution in [0.2, 0.25) is 0 Å². The van der Waals surface area contributed by atoms with Crippen LogP contribution in [-0.4, -0.2) is 22.7 Å². The van der Waals surface area contributed by atoms with Crippen molar-refractivity contribution in [2.75, 3.05) is 7.11 Å². The third-order valence-corrected chi connectivity index (χ3v) is 4.71. The molecular formula is C21H31N3O3. The molecule has 1 aromatic carbocycles. The molecule has 0 saturated carbocycles. The summed E-state index contributed by atoms with van der Waals surface area (Å²) in [6.07, 6.45) is 7.64. The molecule has 0 atom stereocenters. The van der Waals surface area contributed by atoms with E-state index in [1.807, 2.05) is 22.8 Å². The number of rotatable bonds is 11. The molecule has 2 aromatic rings. The van der Waals surface area contributed by atoms with Crippen molar-refractivity contribution in [1.82, 2.24) is 4.57 Å². The predicted octanol–water partition coefficient (Wildman–Crippen LogP) is 6.13. The molecule has 0 aliphatic heterocycles. The zero-order valence-corrected chi connectivity index (χ0v) is 16.7. The molecule has 1 N–H and O–H groups in total. The molecule has 0 aliphatic carbocycles. The van der Waals surface area contributed by atoms with E-state index in [-0.39, 0.29) is 11.8 Å². The minimum Gasteiger partial charge on any atom is -0.497 e. The van der Waals surface area contributed by atoms with Crippen LogP contribution >= 0.6 is 0 Å². The molecule has 0 bridgehead atoms. The van der Waals surface area contributed by atoms with Gasteiger partial charge < -0.3 is 14.4 Å². The van der Waals surface area contributed by atoms with Gasteiger partial charge in [-0.15, -0.1) is 10.2 Å². The van der Waals surface area contributed by atoms with Crippen LogP contribution in [0.3, 0.4) is 0 Å². The van der Waals surface area contributed by atoms with Crippen molar-refractivity contribution >= 4 is 22.5 Å². The molecule has 1 heterocycles. The Kier molecular flexibility index (Phi) is 8.30. The Morgan fingerprint density at radius 3 is 2.56 bits per heavy atom. The number of aromatic nitrogens is 1.